The van der Waals surface area contributed by atoms with Crippen LogP contribution in [0.1, 0.15) is 29.9 Å². The van der Waals surface area contributed by atoms with Crippen molar-refractivity contribution in [3.05, 3.63) is 58.1 Å². The fourth-order valence-electron chi connectivity index (χ4n) is 4.53. The number of hydrogen-bond acceptors (Lipinski definition) is 3. The molecule has 2 aromatic rings. The number of nitrogens with zero attached hydrogens (tertiary/aromatic N) is 2. The summed E-state index contributed by atoms with van der Waals surface area (Å²) < 4.78 is 6.53. The quantitative estimate of drug-likeness (QED) is 0.684. The summed E-state index contributed by atoms with van der Waals surface area (Å²) in [5, 5.41) is 0. The minimum atomic E-state index is -0.0229. The molecule has 1 unspecified atom stereocenters. The first-order chi connectivity index (χ1) is 13.6. The van der Waals surface area contributed by atoms with E-state index >= 15 is 0 Å². The molecule has 0 saturated carbocycles. The molecule has 4 nitrogen and oxygen atoms in total. The molecule has 0 aliphatic carbocycles. The maximum atomic E-state index is 12.7. The monoisotopic (exact) mass is 442 g/mol. The first-order valence-electron chi connectivity index (χ1n) is 9.98. The van der Waals surface area contributed by atoms with Crippen molar-refractivity contribution in [2.45, 2.75) is 25.2 Å². The molecule has 28 heavy (non-hydrogen) atoms. The third-order valence-corrected chi connectivity index (χ3v) is 6.99. The van der Waals surface area contributed by atoms with Gasteiger partial charge in [0, 0.05) is 23.8 Å². The zero-order valence-electron chi connectivity index (χ0n) is 16.5. The number of benzene rings is 2. The molecule has 1 amide bonds. The highest BCUT2D eigenvalue weighted by Crippen LogP contribution is 2.37. The highest BCUT2D eigenvalue weighted by molar-refractivity contribution is 9.10. The molecule has 0 radical (unpaired) electrons. The van der Waals surface area contributed by atoms with Crippen LogP contribution in [0.15, 0.2) is 46.9 Å². The largest absolute Gasteiger partial charge is 0.497 e. The number of likely N-dealkylation sites (N-methyl/N-ethyl adjacent to an activating group) is 1. The van der Waals surface area contributed by atoms with E-state index in [4.69, 9.17) is 4.74 Å². The third-order valence-electron chi connectivity index (χ3n) is 6.21. The van der Waals surface area contributed by atoms with Gasteiger partial charge in [-0.3, -0.25) is 4.79 Å². The van der Waals surface area contributed by atoms with Crippen LogP contribution >= 0.6 is 15.9 Å². The molecule has 0 N–H and O–H groups in total. The number of likely N-dealkylation sites (tertiary alicyclic amines) is 1. The lowest BCUT2D eigenvalue weighted by atomic mass is 9.89. The maximum absolute atomic E-state index is 12.7. The predicted octanol–water partition coefficient (Wildman–Crippen LogP) is 4.47. The zero-order valence-corrected chi connectivity index (χ0v) is 18.1. The van der Waals surface area contributed by atoms with E-state index in [0.29, 0.717) is 5.92 Å². The highest BCUT2D eigenvalue weighted by atomic mass is 79.9. The minimum absolute atomic E-state index is 0.0229. The molecule has 4 rings (SSSR count). The molecule has 1 atom stereocenters. The Morgan fingerprint density at radius 3 is 2.64 bits per heavy atom. The molecule has 0 bridgehead atoms. The molecule has 5 heteroatoms. The number of ether oxygens (including phenoxy) is 1. The average molecular weight is 443 g/mol. The Morgan fingerprint density at radius 2 is 1.89 bits per heavy atom. The van der Waals surface area contributed by atoms with E-state index in [1.807, 2.05) is 36.2 Å². The van der Waals surface area contributed by atoms with E-state index in [2.05, 4.69) is 39.0 Å². The van der Waals surface area contributed by atoms with Crippen molar-refractivity contribution in [1.29, 1.82) is 0 Å². The van der Waals surface area contributed by atoms with E-state index in [9.17, 15) is 4.79 Å². The molecule has 2 aliphatic rings. The summed E-state index contributed by atoms with van der Waals surface area (Å²) >= 11 is 3.68. The number of piperidine rings is 1. The Bertz CT molecular complexity index is 861. The summed E-state index contributed by atoms with van der Waals surface area (Å²) in [6.07, 6.45) is 3.41. The number of amides is 1. The van der Waals surface area contributed by atoms with Crippen LogP contribution in [0.2, 0.25) is 0 Å². The van der Waals surface area contributed by atoms with Gasteiger partial charge in [0.05, 0.1) is 13.0 Å². The van der Waals surface area contributed by atoms with Gasteiger partial charge in [0.15, 0.2) is 0 Å². The van der Waals surface area contributed by atoms with E-state index in [1.165, 1.54) is 24.0 Å². The Hall–Kier alpha value is -1.85. The van der Waals surface area contributed by atoms with Gasteiger partial charge in [-0.2, -0.15) is 0 Å². The SMILES string of the molecule is COc1ccc(Br)c(CC2CCN(CC3C(=O)N(C)c4ccccc43)CC2)c1. The molecule has 2 aromatic carbocycles. The van der Waals surface area contributed by atoms with Gasteiger partial charge in [-0.15, -0.1) is 0 Å². The summed E-state index contributed by atoms with van der Waals surface area (Å²) in [6.45, 7) is 2.94. The van der Waals surface area contributed by atoms with Crippen LogP contribution in [0, 0.1) is 5.92 Å². The van der Waals surface area contributed by atoms with Crippen LogP contribution < -0.4 is 9.64 Å². The van der Waals surface area contributed by atoms with Gasteiger partial charge in [-0.05, 0) is 73.7 Å². The van der Waals surface area contributed by atoms with Crippen LogP contribution in [-0.2, 0) is 11.2 Å². The topological polar surface area (TPSA) is 32.8 Å². The lowest BCUT2D eigenvalue weighted by Crippen LogP contribution is -2.39. The Balaban J connectivity index is 1.36. The van der Waals surface area contributed by atoms with E-state index in [1.54, 1.807) is 7.11 Å². The fourth-order valence-corrected chi connectivity index (χ4v) is 4.93. The molecular formula is C23H27BrN2O2. The minimum Gasteiger partial charge on any atom is -0.497 e. The summed E-state index contributed by atoms with van der Waals surface area (Å²) in [4.78, 5) is 17.0. The predicted molar refractivity (Wildman–Crippen MR) is 116 cm³/mol. The van der Waals surface area contributed by atoms with E-state index in [0.717, 1.165) is 42.0 Å². The average Bonchev–Trinajstić information content (AvgIpc) is 2.96. The highest BCUT2D eigenvalue weighted by Gasteiger charge is 2.36. The van der Waals surface area contributed by atoms with Crippen LogP contribution in [0.5, 0.6) is 5.75 Å². The fraction of sp³-hybridized carbons (Fsp3) is 0.435. The molecule has 2 aliphatic heterocycles. The first-order valence-corrected chi connectivity index (χ1v) is 10.8. The van der Waals surface area contributed by atoms with Crippen molar-refractivity contribution >= 4 is 27.5 Å². The third kappa shape index (κ3) is 3.83. The van der Waals surface area contributed by atoms with E-state index < -0.39 is 0 Å². The van der Waals surface area contributed by atoms with Gasteiger partial charge in [0.2, 0.25) is 5.91 Å². The number of fused-ring (bicyclic) bond motifs is 1. The van der Waals surface area contributed by atoms with Crippen molar-refractivity contribution in [3.8, 4) is 5.75 Å². The van der Waals surface area contributed by atoms with Crippen molar-refractivity contribution in [2.75, 3.05) is 38.7 Å². The molecule has 0 spiro atoms. The van der Waals surface area contributed by atoms with Gasteiger partial charge in [-0.25, -0.2) is 0 Å². The van der Waals surface area contributed by atoms with Crippen molar-refractivity contribution < 1.29 is 9.53 Å². The lowest BCUT2D eigenvalue weighted by Gasteiger charge is -2.33. The van der Waals surface area contributed by atoms with Crippen LogP contribution in [-0.4, -0.2) is 44.6 Å². The summed E-state index contributed by atoms with van der Waals surface area (Å²) in [6, 6.07) is 14.4. The standard InChI is InChI=1S/C23H27BrN2O2/c1-25-22-6-4-3-5-19(22)20(23(25)27)15-26-11-9-16(10-12-26)13-17-14-18(28-2)7-8-21(17)24/h3-8,14,16,20H,9-13,15H2,1-2H3. The summed E-state index contributed by atoms with van der Waals surface area (Å²) in [5.41, 5.74) is 3.56. The summed E-state index contributed by atoms with van der Waals surface area (Å²) in [7, 11) is 3.60. The number of para-hydroxylation sites is 1. The van der Waals surface area contributed by atoms with Gasteiger partial charge in [-0.1, -0.05) is 34.1 Å². The molecule has 1 saturated heterocycles. The Kier molecular flexibility index (Phi) is 5.74. The zero-order chi connectivity index (χ0) is 19.7. The smallest absolute Gasteiger partial charge is 0.235 e. The second-order valence-corrected chi connectivity index (χ2v) is 8.77. The number of methoxy groups -OCH3 is 1. The first kappa shape index (κ1) is 19.5. The normalized spacial score (nSPS) is 20.5. The molecular weight excluding hydrogens is 416 g/mol. The molecule has 1 fully saturated rings. The maximum Gasteiger partial charge on any atom is 0.235 e. The lowest BCUT2D eigenvalue weighted by molar-refractivity contribution is -0.119. The Labute approximate surface area is 175 Å². The number of carbonyl (C=O) groups excluding carboxylic acids is 1. The van der Waals surface area contributed by atoms with Crippen LogP contribution in [0.4, 0.5) is 5.69 Å². The number of carbonyl (C=O) groups is 1. The van der Waals surface area contributed by atoms with Crippen molar-refractivity contribution in [3.63, 3.8) is 0 Å². The van der Waals surface area contributed by atoms with Crippen LogP contribution in [0.3, 0.4) is 0 Å². The number of rotatable bonds is 5. The van der Waals surface area contributed by atoms with Gasteiger partial charge >= 0.3 is 0 Å². The van der Waals surface area contributed by atoms with E-state index in [-0.39, 0.29) is 11.8 Å². The second-order valence-electron chi connectivity index (χ2n) is 7.91. The number of hydrogen-bond donors (Lipinski definition) is 0. The summed E-state index contributed by atoms with van der Waals surface area (Å²) in [5.74, 6) is 1.79. The van der Waals surface area contributed by atoms with Gasteiger partial charge < -0.3 is 14.5 Å². The molecule has 0 aromatic heterocycles. The van der Waals surface area contributed by atoms with Gasteiger partial charge in [0.25, 0.3) is 0 Å². The molecule has 2 heterocycles. The Morgan fingerprint density at radius 1 is 1.14 bits per heavy atom. The molecule has 148 valence electrons. The van der Waals surface area contributed by atoms with Gasteiger partial charge in [0.1, 0.15) is 5.75 Å². The van der Waals surface area contributed by atoms with Crippen molar-refractivity contribution in [2.24, 2.45) is 5.92 Å². The number of anilines is 1. The number of halogens is 1. The van der Waals surface area contributed by atoms with Crippen molar-refractivity contribution in [1.82, 2.24) is 4.90 Å². The second kappa shape index (κ2) is 8.26. The van der Waals surface area contributed by atoms with Crippen LogP contribution in [0.25, 0.3) is 0 Å².